The lowest BCUT2D eigenvalue weighted by Gasteiger charge is -2.23. The molecule has 1 saturated heterocycles. The molecule has 3 heteroatoms. The Hall–Kier alpha value is -1.06. The quantitative estimate of drug-likeness (QED) is 0.687. The molecule has 1 unspecified atom stereocenters. The molecule has 3 N–H and O–H groups in total. The Bertz CT molecular complexity index is 432. The molecule has 0 saturated carbocycles. The molecule has 0 amide bonds. The molecule has 1 heterocycles. The highest BCUT2D eigenvalue weighted by Gasteiger charge is 2.33. The van der Waals surface area contributed by atoms with Crippen LogP contribution in [-0.2, 0) is 6.42 Å². The number of rotatable bonds is 9. The lowest BCUT2D eigenvalue weighted by atomic mass is 10.0. The van der Waals surface area contributed by atoms with Crippen LogP contribution in [0.4, 0.5) is 5.69 Å². The van der Waals surface area contributed by atoms with E-state index >= 15 is 0 Å². The van der Waals surface area contributed by atoms with Crippen LogP contribution in [0.3, 0.4) is 0 Å². The third kappa shape index (κ3) is 4.99. The molecule has 1 fully saturated rings. The zero-order chi connectivity index (χ0) is 15.8. The summed E-state index contributed by atoms with van der Waals surface area (Å²) in [6, 6.07) is 8.90. The second-order valence-corrected chi connectivity index (χ2v) is 6.88. The highest BCUT2D eigenvalue weighted by atomic mass is 16.3. The summed E-state index contributed by atoms with van der Waals surface area (Å²) in [6.45, 7) is 4.02. The van der Waals surface area contributed by atoms with Crippen molar-refractivity contribution >= 4 is 5.69 Å². The minimum absolute atomic E-state index is 0.0691. The maximum absolute atomic E-state index is 9.36. The van der Waals surface area contributed by atoms with Crippen molar-refractivity contribution in [2.75, 3.05) is 24.6 Å². The zero-order valence-corrected chi connectivity index (χ0v) is 14.1. The van der Waals surface area contributed by atoms with Crippen LogP contribution in [0.15, 0.2) is 24.3 Å². The van der Waals surface area contributed by atoms with E-state index in [9.17, 15) is 5.11 Å². The van der Waals surface area contributed by atoms with Gasteiger partial charge in [0.1, 0.15) is 0 Å². The number of aliphatic hydroxyl groups excluding tert-OH is 1. The van der Waals surface area contributed by atoms with E-state index in [0.717, 1.165) is 19.5 Å². The van der Waals surface area contributed by atoms with Crippen molar-refractivity contribution in [3.05, 3.63) is 29.8 Å². The lowest BCUT2D eigenvalue weighted by Crippen LogP contribution is -2.46. The Labute approximate surface area is 135 Å². The second-order valence-electron chi connectivity index (χ2n) is 6.88. The van der Waals surface area contributed by atoms with Crippen molar-refractivity contribution in [3.63, 3.8) is 0 Å². The predicted octanol–water partition coefficient (Wildman–Crippen LogP) is 3.49. The van der Waals surface area contributed by atoms with Gasteiger partial charge in [0.05, 0.1) is 12.1 Å². The van der Waals surface area contributed by atoms with Gasteiger partial charge in [0.25, 0.3) is 0 Å². The minimum Gasteiger partial charge on any atom is -0.394 e. The first-order valence-electron chi connectivity index (χ1n) is 8.90. The van der Waals surface area contributed by atoms with Crippen LogP contribution in [-0.4, -0.2) is 30.3 Å². The van der Waals surface area contributed by atoms with Crippen molar-refractivity contribution in [1.29, 1.82) is 0 Å². The number of hydrogen-bond acceptors (Lipinski definition) is 3. The van der Waals surface area contributed by atoms with E-state index in [1.165, 1.54) is 56.2 Å². The molecule has 0 aliphatic carbocycles. The molecule has 0 aromatic heterocycles. The smallest absolute Gasteiger partial charge is 0.0629 e. The van der Waals surface area contributed by atoms with Crippen molar-refractivity contribution < 1.29 is 5.11 Å². The van der Waals surface area contributed by atoms with Crippen LogP contribution >= 0.6 is 0 Å². The van der Waals surface area contributed by atoms with E-state index in [-0.39, 0.29) is 6.61 Å². The standard InChI is InChI=1S/C19H32N2O/c1-2-3-4-5-6-7-8-17-9-11-18(12-10-17)21-14-13-19(20,15-21)16-22/h9-12,22H,2-8,13-16,20H2,1H3. The molecule has 0 spiro atoms. The average molecular weight is 304 g/mol. The molecule has 0 radical (unpaired) electrons. The van der Waals surface area contributed by atoms with Crippen LogP contribution in [0.2, 0.25) is 0 Å². The van der Waals surface area contributed by atoms with Crippen LogP contribution in [0, 0.1) is 0 Å². The number of anilines is 1. The van der Waals surface area contributed by atoms with Crippen molar-refractivity contribution in [1.82, 2.24) is 0 Å². The summed E-state index contributed by atoms with van der Waals surface area (Å²) < 4.78 is 0. The first-order chi connectivity index (χ1) is 10.7. The van der Waals surface area contributed by atoms with Gasteiger partial charge in [0, 0.05) is 18.8 Å². The molecule has 1 aromatic rings. The minimum atomic E-state index is -0.419. The molecular formula is C19H32N2O. The maximum atomic E-state index is 9.36. The topological polar surface area (TPSA) is 49.5 Å². The van der Waals surface area contributed by atoms with Crippen LogP contribution in [0.5, 0.6) is 0 Å². The number of unbranched alkanes of at least 4 members (excludes halogenated alkanes) is 5. The SMILES string of the molecule is CCCCCCCCc1ccc(N2CCC(N)(CO)C2)cc1. The maximum Gasteiger partial charge on any atom is 0.0629 e. The number of benzene rings is 1. The third-order valence-corrected chi connectivity index (χ3v) is 4.82. The van der Waals surface area contributed by atoms with Gasteiger partial charge < -0.3 is 15.7 Å². The molecule has 1 atom stereocenters. The van der Waals surface area contributed by atoms with Crippen molar-refractivity contribution in [2.45, 2.75) is 63.8 Å². The van der Waals surface area contributed by atoms with Crippen LogP contribution < -0.4 is 10.6 Å². The summed E-state index contributed by atoms with van der Waals surface area (Å²) in [6.07, 6.45) is 10.1. The monoisotopic (exact) mass is 304 g/mol. The Morgan fingerprint density at radius 1 is 1.09 bits per heavy atom. The van der Waals surface area contributed by atoms with Gasteiger partial charge in [-0.1, -0.05) is 51.2 Å². The van der Waals surface area contributed by atoms with E-state index in [2.05, 4.69) is 36.1 Å². The number of aryl methyl sites for hydroxylation is 1. The molecule has 2 rings (SSSR count). The number of nitrogens with zero attached hydrogens (tertiary/aromatic N) is 1. The molecule has 124 valence electrons. The largest absolute Gasteiger partial charge is 0.394 e. The summed E-state index contributed by atoms with van der Waals surface area (Å²) in [5, 5.41) is 9.36. The first-order valence-corrected chi connectivity index (χ1v) is 8.90. The summed E-state index contributed by atoms with van der Waals surface area (Å²) in [7, 11) is 0. The molecular weight excluding hydrogens is 272 g/mol. The molecule has 22 heavy (non-hydrogen) atoms. The van der Waals surface area contributed by atoms with Gasteiger partial charge >= 0.3 is 0 Å². The Balaban J connectivity index is 1.74. The van der Waals surface area contributed by atoms with Gasteiger partial charge in [-0.25, -0.2) is 0 Å². The summed E-state index contributed by atoms with van der Waals surface area (Å²) in [5.74, 6) is 0. The molecule has 0 bridgehead atoms. The average Bonchev–Trinajstić information content (AvgIpc) is 2.94. The Morgan fingerprint density at radius 3 is 2.41 bits per heavy atom. The van der Waals surface area contributed by atoms with Crippen molar-refractivity contribution in [2.24, 2.45) is 5.73 Å². The summed E-state index contributed by atoms with van der Waals surface area (Å²) >= 11 is 0. The highest BCUT2D eigenvalue weighted by Crippen LogP contribution is 2.25. The molecule has 1 aromatic carbocycles. The van der Waals surface area contributed by atoms with E-state index in [0.29, 0.717) is 0 Å². The van der Waals surface area contributed by atoms with Crippen LogP contribution in [0.1, 0.15) is 57.4 Å². The Kier molecular flexibility index (Phi) is 6.71. The van der Waals surface area contributed by atoms with Gasteiger partial charge in [0.15, 0.2) is 0 Å². The van der Waals surface area contributed by atoms with Crippen molar-refractivity contribution in [3.8, 4) is 0 Å². The molecule has 3 nitrogen and oxygen atoms in total. The van der Waals surface area contributed by atoms with Crippen LogP contribution in [0.25, 0.3) is 0 Å². The molecule has 1 aliphatic rings. The lowest BCUT2D eigenvalue weighted by molar-refractivity contribution is 0.210. The molecule has 1 aliphatic heterocycles. The normalized spacial score (nSPS) is 21.5. The van der Waals surface area contributed by atoms with Gasteiger partial charge in [-0.3, -0.25) is 0 Å². The Morgan fingerprint density at radius 2 is 1.77 bits per heavy atom. The van der Waals surface area contributed by atoms with E-state index in [1.54, 1.807) is 0 Å². The first kappa shape index (κ1) is 17.3. The van der Waals surface area contributed by atoms with E-state index in [1.807, 2.05) is 0 Å². The summed E-state index contributed by atoms with van der Waals surface area (Å²) in [5.41, 5.74) is 8.38. The number of hydrogen-bond donors (Lipinski definition) is 2. The second kappa shape index (κ2) is 8.54. The predicted molar refractivity (Wildman–Crippen MR) is 94.4 cm³/mol. The fourth-order valence-corrected chi connectivity index (χ4v) is 3.23. The number of nitrogens with two attached hydrogens (primary N) is 1. The fraction of sp³-hybridized carbons (Fsp3) is 0.684. The summed E-state index contributed by atoms with van der Waals surface area (Å²) in [4.78, 5) is 2.28. The van der Waals surface area contributed by atoms with Gasteiger partial charge in [-0.15, -0.1) is 0 Å². The zero-order valence-electron chi connectivity index (χ0n) is 14.1. The fourth-order valence-electron chi connectivity index (χ4n) is 3.23. The van der Waals surface area contributed by atoms with Gasteiger partial charge in [0.2, 0.25) is 0 Å². The highest BCUT2D eigenvalue weighted by molar-refractivity contribution is 5.49. The number of aliphatic hydroxyl groups is 1. The van der Waals surface area contributed by atoms with Gasteiger partial charge in [-0.05, 0) is 37.0 Å². The third-order valence-electron chi connectivity index (χ3n) is 4.82. The van der Waals surface area contributed by atoms with Gasteiger partial charge in [-0.2, -0.15) is 0 Å². The van der Waals surface area contributed by atoms with E-state index < -0.39 is 5.54 Å². The van der Waals surface area contributed by atoms with E-state index in [4.69, 9.17) is 5.73 Å².